The summed E-state index contributed by atoms with van der Waals surface area (Å²) in [6.45, 7) is 2.71. The summed E-state index contributed by atoms with van der Waals surface area (Å²) in [5.41, 5.74) is 1.86. The van der Waals surface area contributed by atoms with E-state index in [2.05, 4.69) is 0 Å². The molecule has 0 heterocycles. The van der Waals surface area contributed by atoms with Crippen LogP contribution in [0.3, 0.4) is 0 Å². The van der Waals surface area contributed by atoms with Crippen LogP contribution in [-0.4, -0.2) is 51.6 Å². The molecule has 0 radical (unpaired) electrons. The van der Waals surface area contributed by atoms with Gasteiger partial charge in [0.05, 0.1) is 26.2 Å². The van der Waals surface area contributed by atoms with Gasteiger partial charge < -0.3 is 14.9 Å². The Labute approximate surface area is 245 Å². The minimum absolute atomic E-state index is 0.0264. The van der Waals surface area contributed by atoms with Crippen molar-refractivity contribution in [1.29, 1.82) is 5.41 Å². The Morgan fingerprint density at radius 1 is 0.875 bits per heavy atom. The summed E-state index contributed by atoms with van der Waals surface area (Å²) in [6, 6.07) is 14.3. The van der Waals surface area contributed by atoms with Crippen LogP contribution in [0.2, 0.25) is 15.1 Å². The molecule has 3 rings (SSSR count). The van der Waals surface area contributed by atoms with Gasteiger partial charge in [-0.15, -0.1) is 0 Å². The van der Waals surface area contributed by atoms with Gasteiger partial charge in [0.25, 0.3) is 10.1 Å². The molecule has 0 bridgehead atoms. The van der Waals surface area contributed by atoms with E-state index >= 15 is 4.39 Å². The monoisotopic (exact) mass is 629 g/mol. The van der Waals surface area contributed by atoms with Crippen molar-refractivity contribution in [2.45, 2.75) is 37.1 Å². The molecule has 0 spiro atoms. The van der Waals surface area contributed by atoms with E-state index in [1.807, 2.05) is 6.92 Å². The molecule has 0 saturated carbocycles. The lowest BCUT2D eigenvalue weighted by molar-refractivity contribution is -0.0475. The molecule has 1 N–H and O–H groups in total. The summed E-state index contributed by atoms with van der Waals surface area (Å²) < 4.78 is 57.2. The highest BCUT2D eigenvalue weighted by molar-refractivity contribution is 7.87. The van der Waals surface area contributed by atoms with Crippen molar-refractivity contribution in [3.05, 3.63) is 98.0 Å². The van der Waals surface area contributed by atoms with Gasteiger partial charge in [-0.1, -0.05) is 70.2 Å². The Morgan fingerprint density at radius 3 is 1.90 bits per heavy atom. The van der Waals surface area contributed by atoms with E-state index in [1.165, 1.54) is 24.3 Å². The molecule has 0 aliphatic heterocycles. The number of hydrogen-bond acceptors (Lipinski definition) is 8. The van der Waals surface area contributed by atoms with Crippen molar-refractivity contribution >= 4 is 63.1 Å². The van der Waals surface area contributed by atoms with Crippen molar-refractivity contribution < 1.29 is 36.1 Å². The number of alkyl halides is 1. The van der Waals surface area contributed by atoms with E-state index in [0.29, 0.717) is 6.21 Å². The molecule has 0 saturated heterocycles. The molecule has 3 aromatic carbocycles. The molecular formula is C27H23Cl3FNO7S. The van der Waals surface area contributed by atoms with Crippen LogP contribution in [0.5, 0.6) is 0 Å². The van der Waals surface area contributed by atoms with Crippen LogP contribution in [0, 0.1) is 19.3 Å². The fraction of sp³-hybridized carbons (Fsp3) is 0.222. The lowest BCUT2D eigenvalue weighted by atomic mass is 10.1. The Balaban J connectivity index is 1.97. The lowest BCUT2D eigenvalue weighted by Crippen LogP contribution is -2.45. The van der Waals surface area contributed by atoms with E-state index < -0.39 is 51.9 Å². The number of carbonyl (C=O) groups is 2. The topological polar surface area (TPSA) is 120 Å². The second-order valence-corrected chi connectivity index (χ2v) is 11.4. The Hall–Kier alpha value is -3.02. The molecule has 3 atom stereocenters. The van der Waals surface area contributed by atoms with Crippen LogP contribution in [-0.2, 0) is 23.8 Å². The molecule has 0 aromatic heterocycles. The van der Waals surface area contributed by atoms with Gasteiger partial charge in [-0.3, -0.25) is 4.18 Å². The van der Waals surface area contributed by atoms with Crippen LogP contribution >= 0.6 is 34.8 Å². The number of aryl methyl sites for hydroxylation is 2. The zero-order valence-corrected chi connectivity index (χ0v) is 24.2. The quantitative estimate of drug-likeness (QED) is 0.113. The fourth-order valence-electron chi connectivity index (χ4n) is 3.34. The predicted molar refractivity (Wildman–Crippen MR) is 149 cm³/mol. The molecule has 0 aliphatic rings. The summed E-state index contributed by atoms with van der Waals surface area (Å²) in [5, 5.41) is 6.84. The average molecular weight is 631 g/mol. The number of halogens is 4. The van der Waals surface area contributed by atoms with E-state index in [-0.39, 0.29) is 26.2 Å². The number of hydrogen-bond donors (Lipinski definition) is 1. The summed E-state index contributed by atoms with van der Waals surface area (Å²) >= 11 is 17.9. The van der Waals surface area contributed by atoms with Crippen molar-refractivity contribution in [2.24, 2.45) is 0 Å². The van der Waals surface area contributed by atoms with Crippen molar-refractivity contribution in [3.8, 4) is 0 Å². The van der Waals surface area contributed by atoms with E-state index in [0.717, 1.165) is 23.3 Å². The van der Waals surface area contributed by atoms with Crippen molar-refractivity contribution in [1.82, 2.24) is 0 Å². The van der Waals surface area contributed by atoms with Crippen LogP contribution in [0.25, 0.3) is 0 Å². The fourth-order valence-corrected chi connectivity index (χ4v) is 5.39. The van der Waals surface area contributed by atoms with Gasteiger partial charge in [-0.05, 0) is 50.2 Å². The normalized spacial score (nSPS) is 13.7. The van der Waals surface area contributed by atoms with Crippen LogP contribution < -0.4 is 0 Å². The SMILES string of the molecule is Cc1ccc(C(=O)OC[C@@H](OS(=O)(=O)c2cc(Cl)c(Cl)cc2Cl)[C@@H](OC(=O)c2ccc(C)cc2)[C@H](F)C=N)cc1. The lowest BCUT2D eigenvalue weighted by Gasteiger charge is -2.27. The Morgan fingerprint density at radius 2 is 1.38 bits per heavy atom. The first-order valence-electron chi connectivity index (χ1n) is 11.6. The molecule has 0 fully saturated rings. The van der Waals surface area contributed by atoms with Gasteiger partial charge in [-0.25, -0.2) is 14.0 Å². The number of carbonyl (C=O) groups excluding carboxylic acids is 2. The highest BCUT2D eigenvalue weighted by Crippen LogP contribution is 2.33. The molecule has 3 aromatic rings. The van der Waals surface area contributed by atoms with Gasteiger partial charge >= 0.3 is 11.9 Å². The Kier molecular flexibility index (Phi) is 10.7. The maximum atomic E-state index is 15.1. The first-order chi connectivity index (χ1) is 18.8. The molecule has 212 valence electrons. The molecule has 13 heteroatoms. The molecule has 40 heavy (non-hydrogen) atoms. The third kappa shape index (κ3) is 8.02. The summed E-state index contributed by atoms with van der Waals surface area (Å²) in [5.74, 6) is -1.91. The number of nitrogens with one attached hydrogen (secondary N) is 1. The summed E-state index contributed by atoms with van der Waals surface area (Å²) in [6.07, 6.45) is -6.04. The van der Waals surface area contributed by atoms with Gasteiger partial charge in [0.2, 0.25) is 0 Å². The van der Waals surface area contributed by atoms with Crippen molar-refractivity contribution in [2.75, 3.05) is 6.61 Å². The van der Waals surface area contributed by atoms with Crippen LogP contribution in [0.15, 0.2) is 65.6 Å². The highest BCUT2D eigenvalue weighted by atomic mass is 35.5. The van der Waals surface area contributed by atoms with Gasteiger partial charge in [0.1, 0.15) is 11.5 Å². The van der Waals surface area contributed by atoms with E-state index in [4.69, 9.17) is 53.9 Å². The number of esters is 2. The first kappa shape index (κ1) is 31.5. The molecule has 0 unspecified atom stereocenters. The van der Waals surface area contributed by atoms with Gasteiger partial charge in [-0.2, -0.15) is 8.42 Å². The minimum Gasteiger partial charge on any atom is -0.459 e. The van der Waals surface area contributed by atoms with Gasteiger partial charge in [0, 0.05) is 6.21 Å². The number of benzene rings is 3. The maximum Gasteiger partial charge on any atom is 0.338 e. The highest BCUT2D eigenvalue weighted by Gasteiger charge is 2.39. The molecule has 0 amide bonds. The largest absolute Gasteiger partial charge is 0.459 e. The maximum absolute atomic E-state index is 15.1. The molecule has 8 nitrogen and oxygen atoms in total. The Bertz CT molecular complexity index is 1500. The first-order valence-corrected chi connectivity index (χ1v) is 14.1. The zero-order chi connectivity index (χ0) is 29.6. The predicted octanol–water partition coefficient (Wildman–Crippen LogP) is 6.41. The standard InChI is InChI=1S/C27H23Cl3FNO7S/c1-15-3-7-17(8-4-15)26(33)37-14-23(39-40(35,36)24-12-20(29)19(28)11-21(24)30)25(22(31)13-32)38-27(34)18-9-5-16(2)6-10-18/h3-13,22-23,25,32H,14H2,1-2H3/t22-,23-,25+/m1/s1. The van der Waals surface area contributed by atoms with E-state index in [1.54, 1.807) is 31.2 Å². The third-order valence-electron chi connectivity index (χ3n) is 5.53. The summed E-state index contributed by atoms with van der Waals surface area (Å²) in [4.78, 5) is 24.8. The molecular weight excluding hydrogens is 608 g/mol. The smallest absolute Gasteiger partial charge is 0.338 e. The van der Waals surface area contributed by atoms with E-state index in [9.17, 15) is 18.0 Å². The van der Waals surface area contributed by atoms with Gasteiger partial charge in [0.15, 0.2) is 18.4 Å². The van der Waals surface area contributed by atoms with Crippen molar-refractivity contribution in [3.63, 3.8) is 0 Å². The summed E-state index contributed by atoms with van der Waals surface area (Å²) in [7, 11) is -4.84. The average Bonchev–Trinajstić information content (AvgIpc) is 2.91. The molecule has 0 aliphatic carbocycles. The van der Waals surface area contributed by atoms with Crippen LogP contribution in [0.1, 0.15) is 31.8 Å². The second-order valence-electron chi connectivity index (χ2n) is 8.60. The minimum atomic E-state index is -4.84. The number of rotatable bonds is 11. The second kappa shape index (κ2) is 13.6. The number of ether oxygens (including phenoxy) is 2. The zero-order valence-electron chi connectivity index (χ0n) is 21.1. The third-order valence-corrected chi connectivity index (χ3v) is 8.05. The van der Waals surface area contributed by atoms with Crippen LogP contribution in [0.4, 0.5) is 4.39 Å².